The number of carbonyl (C=O) groups is 5. The highest BCUT2D eigenvalue weighted by atomic mass is 32.2. The van der Waals surface area contributed by atoms with Crippen LogP contribution >= 0.6 is 34.4 Å². The normalized spacial score (nSPS) is 17.3. The second kappa shape index (κ2) is 16.4. The number of carboxylic acids is 1. The number of nitrogens with zero attached hydrogens (tertiary/aromatic N) is 5. The zero-order valence-corrected chi connectivity index (χ0v) is 32.5. The number of amides is 3. The van der Waals surface area contributed by atoms with Gasteiger partial charge in [-0.3, -0.25) is 19.3 Å². The number of rotatable bonds is 15. The van der Waals surface area contributed by atoms with Gasteiger partial charge in [-0.1, -0.05) is 9.83 Å². The number of thioether (sulfide) groups is 1. The number of β-lactam (4-membered cyclic amide) rings is 1. The summed E-state index contributed by atoms with van der Waals surface area (Å²) in [6, 6.07) is 6.47. The minimum Gasteiger partial charge on any atom is -0.504 e. The van der Waals surface area contributed by atoms with E-state index in [9.17, 15) is 39.3 Å². The van der Waals surface area contributed by atoms with Crippen molar-refractivity contribution < 1.29 is 53.5 Å². The number of carboxylic acid groups (broad SMARTS) is 1. The highest BCUT2D eigenvalue weighted by Crippen LogP contribution is 2.38. The van der Waals surface area contributed by atoms with E-state index in [1.165, 1.54) is 48.0 Å². The second-order valence-electron chi connectivity index (χ2n) is 12.8. The van der Waals surface area contributed by atoms with Gasteiger partial charge in [-0.25, -0.2) is 14.6 Å². The SMILES string of the molecule is CCN(C(CCNC(=O)c1ccc(O)c(O)c1)OC(=O)C1=CCS[C@H]2C(NC(=O)C(=NOC(C)(C)C(=O)O)c3csc(N)n3)C(=O)N12)[n+]1ccc2sccc2c1. The third-order valence-corrected chi connectivity index (χ3v) is 11.4. The Hall–Kier alpha value is -5.93. The van der Waals surface area contributed by atoms with Gasteiger partial charge in [0.05, 0.1) is 11.9 Å². The summed E-state index contributed by atoms with van der Waals surface area (Å²) in [5.41, 5.74) is 3.66. The molecule has 1 saturated heterocycles. The summed E-state index contributed by atoms with van der Waals surface area (Å²) in [5, 5.41) is 43.6. The number of thiophene rings is 1. The van der Waals surface area contributed by atoms with Crippen LogP contribution in [-0.4, -0.2) is 103 Å². The summed E-state index contributed by atoms with van der Waals surface area (Å²) in [6.45, 7) is 4.76. The van der Waals surface area contributed by atoms with E-state index in [0.29, 0.717) is 12.3 Å². The molecule has 3 aromatic heterocycles. The molecule has 2 aliphatic rings. The number of anilines is 1. The summed E-state index contributed by atoms with van der Waals surface area (Å²) >= 11 is 3.89. The number of ether oxygens (including phenoxy) is 1. The van der Waals surface area contributed by atoms with E-state index in [1.54, 1.807) is 27.1 Å². The van der Waals surface area contributed by atoms with Crippen molar-refractivity contribution in [3.8, 4) is 11.5 Å². The molecule has 7 N–H and O–H groups in total. The van der Waals surface area contributed by atoms with E-state index in [4.69, 9.17) is 15.3 Å². The van der Waals surface area contributed by atoms with Gasteiger partial charge >= 0.3 is 11.9 Å². The smallest absolute Gasteiger partial charge is 0.356 e. The van der Waals surface area contributed by atoms with Crippen molar-refractivity contribution >= 4 is 85.0 Å². The molecule has 0 radical (unpaired) electrons. The molecule has 2 aliphatic heterocycles. The number of oxime groups is 1. The second-order valence-corrected chi connectivity index (χ2v) is 15.8. The van der Waals surface area contributed by atoms with E-state index in [2.05, 4.69) is 20.8 Å². The number of aromatic nitrogens is 2. The van der Waals surface area contributed by atoms with Crippen molar-refractivity contribution in [3.05, 3.63) is 76.5 Å². The Bertz CT molecular complexity index is 2260. The van der Waals surface area contributed by atoms with Gasteiger partial charge in [0.25, 0.3) is 17.7 Å². The predicted octanol–water partition coefficient (Wildman–Crippen LogP) is 1.85. The number of fused-ring (bicyclic) bond motifs is 2. The van der Waals surface area contributed by atoms with Crippen molar-refractivity contribution in [3.63, 3.8) is 0 Å². The molecule has 1 fully saturated rings. The first-order valence-corrected chi connectivity index (χ1v) is 19.8. The van der Waals surface area contributed by atoms with Crippen LogP contribution in [0.2, 0.25) is 0 Å². The number of phenolic OH excluding ortho intramolecular Hbond substituents is 2. The van der Waals surface area contributed by atoms with Crippen molar-refractivity contribution in [1.29, 1.82) is 0 Å². The summed E-state index contributed by atoms with van der Waals surface area (Å²) in [6.07, 6.45) is 4.42. The quantitative estimate of drug-likeness (QED) is 0.0191. The fraction of sp³-hybridized carbons (Fsp3) is 0.314. The van der Waals surface area contributed by atoms with E-state index in [1.807, 2.05) is 36.8 Å². The fourth-order valence-corrected chi connectivity index (χ4v) is 8.15. The molecular formula is C35H37N8O10S3+. The highest BCUT2D eigenvalue weighted by molar-refractivity contribution is 8.00. The number of carbonyl (C=O) groups excluding carboxylic acids is 4. The lowest BCUT2D eigenvalue weighted by Gasteiger charge is -2.48. The van der Waals surface area contributed by atoms with Crippen molar-refractivity contribution in [2.75, 3.05) is 29.6 Å². The largest absolute Gasteiger partial charge is 0.504 e. The molecule has 0 saturated carbocycles. The van der Waals surface area contributed by atoms with E-state index in [-0.39, 0.29) is 40.8 Å². The molecule has 18 nitrogen and oxygen atoms in total. The van der Waals surface area contributed by atoms with Crippen LogP contribution in [0.3, 0.4) is 0 Å². The molecule has 56 heavy (non-hydrogen) atoms. The molecule has 2 unspecified atom stereocenters. The van der Waals surface area contributed by atoms with Gasteiger partial charge in [-0.15, -0.1) is 39.4 Å². The zero-order valence-electron chi connectivity index (χ0n) is 30.1. The number of nitrogens with two attached hydrogens (primary N) is 1. The van der Waals surface area contributed by atoms with Crippen molar-refractivity contribution in [2.45, 2.75) is 50.4 Å². The lowest BCUT2D eigenvalue weighted by molar-refractivity contribution is -0.700. The Labute approximate surface area is 331 Å². The van der Waals surface area contributed by atoms with Crippen molar-refractivity contribution in [2.24, 2.45) is 5.16 Å². The molecule has 5 heterocycles. The third kappa shape index (κ3) is 8.33. The van der Waals surface area contributed by atoms with Crippen LogP contribution in [0.4, 0.5) is 5.13 Å². The first-order chi connectivity index (χ1) is 26.7. The molecule has 1 aromatic carbocycles. The maximum Gasteiger partial charge on any atom is 0.356 e. The van der Waals surface area contributed by atoms with Crippen LogP contribution < -0.4 is 26.1 Å². The lowest BCUT2D eigenvalue weighted by Crippen LogP contribution is -2.71. The van der Waals surface area contributed by atoms with Crippen LogP contribution in [0.25, 0.3) is 10.1 Å². The molecule has 0 aliphatic carbocycles. The van der Waals surface area contributed by atoms with Crippen LogP contribution in [0, 0.1) is 0 Å². The molecule has 294 valence electrons. The Kier molecular flexibility index (Phi) is 11.7. The minimum absolute atomic E-state index is 0.00946. The van der Waals surface area contributed by atoms with E-state index < -0.39 is 64.4 Å². The van der Waals surface area contributed by atoms with Gasteiger partial charge in [-0.05, 0) is 56.5 Å². The molecule has 3 atom stereocenters. The first-order valence-electron chi connectivity index (χ1n) is 17.0. The van der Waals surface area contributed by atoms with E-state index in [0.717, 1.165) is 27.5 Å². The molecule has 3 amide bonds. The first kappa shape index (κ1) is 39.8. The topological polar surface area (TPSA) is 250 Å². The monoisotopic (exact) mass is 825 g/mol. The number of aromatic hydroxyl groups is 2. The number of nitrogens with one attached hydrogen (secondary N) is 2. The molecule has 0 spiro atoms. The zero-order chi connectivity index (χ0) is 40.3. The van der Waals surface area contributed by atoms with Gasteiger partial charge < -0.3 is 41.3 Å². The van der Waals surface area contributed by atoms with Crippen molar-refractivity contribution in [1.82, 2.24) is 20.5 Å². The average Bonchev–Trinajstić information content (AvgIpc) is 3.83. The standard InChI is InChI=1S/C35H36N8O10S3/c1-4-42(41-12-8-24-19(16-41)9-13-54-24)25(7-11-37-28(46)18-5-6-22(44)23(45)15-18)52-32(49)21-10-14-55-31-27(30(48)43(21)31)39-29(47)26(20-17-56-34(36)38-20)40-53-35(2,3)33(50)51/h5-6,8-10,12-13,15-17,25,27,31H,4,7,11,14H2,1-3H3,(H6-,36,37,38,39,40,44,45,46,47,50,51)/p+1/t25?,27?,31-/m0/s1. The Morgan fingerprint density at radius 2 is 1.96 bits per heavy atom. The van der Waals surface area contributed by atoms with Gasteiger partial charge in [-0.2, -0.15) is 0 Å². The number of esters is 1. The van der Waals surface area contributed by atoms with Crippen LogP contribution in [0.5, 0.6) is 11.5 Å². The Morgan fingerprint density at radius 3 is 2.66 bits per heavy atom. The summed E-state index contributed by atoms with van der Waals surface area (Å²) in [5.74, 6) is -4.68. The number of hydrogen-bond acceptors (Lipinski definition) is 16. The Balaban J connectivity index is 1.18. The number of pyridine rings is 1. The lowest BCUT2D eigenvalue weighted by atomic mass is 10.0. The predicted molar refractivity (Wildman–Crippen MR) is 206 cm³/mol. The van der Waals surface area contributed by atoms with Gasteiger partial charge in [0.15, 0.2) is 22.3 Å². The minimum atomic E-state index is -1.79. The van der Waals surface area contributed by atoms with Crippen LogP contribution in [0.15, 0.2) is 70.4 Å². The average molecular weight is 826 g/mol. The number of benzene rings is 1. The fourth-order valence-electron chi connectivity index (χ4n) is 5.65. The molecule has 6 rings (SSSR count). The van der Waals surface area contributed by atoms with E-state index >= 15 is 0 Å². The van der Waals surface area contributed by atoms with Gasteiger partial charge in [0, 0.05) is 40.4 Å². The summed E-state index contributed by atoms with van der Waals surface area (Å²) in [4.78, 5) is 76.0. The summed E-state index contributed by atoms with van der Waals surface area (Å²) in [7, 11) is 0. The maximum absolute atomic E-state index is 14.0. The molecule has 0 bridgehead atoms. The summed E-state index contributed by atoms with van der Waals surface area (Å²) < 4.78 is 8.94. The maximum atomic E-state index is 14.0. The Morgan fingerprint density at radius 1 is 1.18 bits per heavy atom. The number of aliphatic carboxylic acids is 1. The number of nitrogen functional groups attached to an aromatic ring is 1. The molecule has 21 heteroatoms. The van der Waals surface area contributed by atoms with Crippen LogP contribution in [-0.2, 0) is 28.8 Å². The number of thiazole rings is 1. The third-order valence-electron chi connectivity index (χ3n) is 8.69. The van der Waals surface area contributed by atoms with Gasteiger partial charge in [0.2, 0.25) is 24.2 Å². The number of hydrogen-bond donors (Lipinski definition) is 6. The van der Waals surface area contributed by atoms with Gasteiger partial charge in [0.1, 0.15) is 22.8 Å². The number of phenols is 2. The van der Waals surface area contributed by atoms with Crippen LogP contribution in [0.1, 0.15) is 43.2 Å². The molecular weight excluding hydrogens is 789 g/mol. The molecule has 4 aromatic rings. The highest BCUT2D eigenvalue weighted by Gasteiger charge is 2.53.